The highest BCUT2D eigenvalue weighted by molar-refractivity contribution is 5.94. The summed E-state index contributed by atoms with van der Waals surface area (Å²) in [6, 6.07) is 8.54. The maximum Gasteiger partial charge on any atom is 0.414 e. The summed E-state index contributed by atoms with van der Waals surface area (Å²) in [5, 5.41) is 2.13. The molecule has 0 unspecified atom stereocenters. The molecule has 1 aromatic rings. The Morgan fingerprint density at radius 1 is 1.26 bits per heavy atom. The fourth-order valence-electron chi connectivity index (χ4n) is 1.57. The number of carbonyl (C=O) groups is 2. The van der Waals surface area contributed by atoms with Crippen molar-refractivity contribution in [3.05, 3.63) is 35.9 Å². The van der Waals surface area contributed by atoms with E-state index in [2.05, 4.69) is 5.32 Å². The van der Waals surface area contributed by atoms with Crippen molar-refractivity contribution in [3.8, 4) is 0 Å². The van der Waals surface area contributed by atoms with Crippen molar-refractivity contribution in [2.45, 2.75) is 32.9 Å². The lowest BCUT2D eigenvalue weighted by Gasteiger charge is -2.13. The predicted octanol–water partition coefficient (Wildman–Crippen LogP) is 1.81. The van der Waals surface area contributed by atoms with Crippen LogP contribution in [0.3, 0.4) is 0 Å². The van der Waals surface area contributed by atoms with Gasteiger partial charge in [-0.25, -0.2) is 4.79 Å². The number of rotatable bonds is 5. The van der Waals surface area contributed by atoms with Gasteiger partial charge >= 0.3 is 6.09 Å². The summed E-state index contributed by atoms with van der Waals surface area (Å²) in [5.41, 5.74) is 6.51. The van der Waals surface area contributed by atoms with Gasteiger partial charge in [0.25, 0.3) is 0 Å². The first-order valence-electron chi connectivity index (χ1n) is 6.26. The standard InChI is InChI=1S/C14H20N2O3/c1-10(2)8-12(15)13(17)16-14(18)19-9-11-6-4-3-5-7-11/h3-7,10,12H,8-9,15H2,1-2H3,(H,16,17,18)/t12-/m0/s1. The van der Waals surface area contributed by atoms with Crippen LogP contribution < -0.4 is 11.1 Å². The van der Waals surface area contributed by atoms with Crippen LogP contribution in [-0.2, 0) is 16.1 Å². The molecule has 104 valence electrons. The fourth-order valence-corrected chi connectivity index (χ4v) is 1.57. The monoisotopic (exact) mass is 264 g/mol. The quantitative estimate of drug-likeness (QED) is 0.849. The normalized spacial score (nSPS) is 12.0. The Bertz CT molecular complexity index is 418. The Balaban J connectivity index is 2.33. The zero-order valence-electron chi connectivity index (χ0n) is 11.3. The number of nitrogens with one attached hydrogen (secondary N) is 1. The van der Waals surface area contributed by atoms with Gasteiger partial charge in [0.05, 0.1) is 6.04 Å². The van der Waals surface area contributed by atoms with Crippen LogP contribution in [0.1, 0.15) is 25.8 Å². The summed E-state index contributed by atoms with van der Waals surface area (Å²) in [4.78, 5) is 23.0. The van der Waals surface area contributed by atoms with E-state index >= 15 is 0 Å². The lowest BCUT2D eigenvalue weighted by molar-refractivity contribution is -0.122. The van der Waals surface area contributed by atoms with Gasteiger partial charge in [-0.1, -0.05) is 44.2 Å². The summed E-state index contributed by atoms with van der Waals surface area (Å²) in [6.45, 7) is 4.04. The van der Waals surface area contributed by atoms with Crippen molar-refractivity contribution >= 4 is 12.0 Å². The SMILES string of the molecule is CC(C)C[C@H](N)C(=O)NC(=O)OCc1ccccc1. The summed E-state index contributed by atoms with van der Waals surface area (Å²) in [7, 11) is 0. The molecule has 1 atom stereocenters. The number of hydrogen-bond donors (Lipinski definition) is 2. The van der Waals surface area contributed by atoms with Gasteiger partial charge in [-0.05, 0) is 17.9 Å². The van der Waals surface area contributed by atoms with E-state index in [1.54, 1.807) is 0 Å². The van der Waals surface area contributed by atoms with E-state index in [9.17, 15) is 9.59 Å². The maximum atomic E-state index is 11.6. The van der Waals surface area contributed by atoms with Crippen LogP contribution in [0.15, 0.2) is 30.3 Å². The van der Waals surface area contributed by atoms with Crippen molar-refractivity contribution in [2.75, 3.05) is 0 Å². The molecule has 0 fully saturated rings. The van der Waals surface area contributed by atoms with Crippen molar-refractivity contribution in [3.63, 3.8) is 0 Å². The highest BCUT2D eigenvalue weighted by atomic mass is 16.5. The summed E-state index contributed by atoms with van der Waals surface area (Å²) in [6.07, 6.45) is -0.245. The smallest absolute Gasteiger partial charge is 0.414 e. The molecule has 0 spiro atoms. The first-order valence-corrected chi connectivity index (χ1v) is 6.26. The summed E-state index contributed by atoms with van der Waals surface area (Å²) in [5.74, 6) is -0.215. The van der Waals surface area contributed by atoms with Crippen LogP contribution in [-0.4, -0.2) is 18.0 Å². The zero-order valence-corrected chi connectivity index (χ0v) is 11.3. The molecule has 0 bridgehead atoms. The van der Waals surface area contributed by atoms with E-state index < -0.39 is 18.0 Å². The lowest BCUT2D eigenvalue weighted by Crippen LogP contribution is -2.44. The Hall–Kier alpha value is -1.88. The Kier molecular flexibility index (Phi) is 6.02. The van der Waals surface area contributed by atoms with Gasteiger partial charge in [-0.2, -0.15) is 0 Å². The molecule has 3 N–H and O–H groups in total. The van der Waals surface area contributed by atoms with Crippen molar-refractivity contribution < 1.29 is 14.3 Å². The average Bonchev–Trinajstić information content (AvgIpc) is 2.36. The minimum absolute atomic E-state index is 0.124. The predicted molar refractivity (Wildman–Crippen MR) is 72.2 cm³/mol. The lowest BCUT2D eigenvalue weighted by atomic mass is 10.0. The second-order valence-electron chi connectivity index (χ2n) is 4.79. The highest BCUT2D eigenvalue weighted by Crippen LogP contribution is 2.03. The minimum Gasteiger partial charge on any atom is -0.444 e. The third kappa shape index (κ3) is 6.01. The van der Waals surface area contributed by atoms with Gasteiger partial charge in [0.2, 0.25) is 5.91 Å². The number of benzene rings is 1. The molecule has 0 aliphatic heterocycles. The molecule has 1 rings (SSSR count). The zero-order chi connectivity index (χ0) is 14.3. The first kappa shape index (κ1) is 15.2. The average molecular weight is 264 g/mol. The molecule has 0 aliphatic carbocycles. The molecule has 1 aromatic carbocycles. The van der Waals surface area contributed by atoms with E-state index in [1.807, 2.05) is 44.2 Å². The molecule has 0 aromatic heterocycles. The van der Waals surface area contributed by atoms with Crippen LogP contribution in [0, 0.1) is 5.92 Å². The minimum atomic E-state index is -0.770. The molecule has 0 aliphatic rings. The second kappa shape index (κ2) is 7.53. The fraction of sp³-hybridized carbons (Fsp3) is 0.429. The molecule has 2 amide bonds. The van der Waals surface area contributed by atoms with Gasteiger partial charge in [-0.3, -0.25) is 10.1 Å². The van der Waals surface area contributed by atoms with Gasteiger partial charge in [0.1, 0.15) is 6.61 Å². The number of amides is 2. The molecule has 0 radical (unpaired) electrons. The molecule has 0 heterocycles. The molecular weight excluding hydrogens is 244 g/mol. The summed E-state index contributed by atoms with van der Waals surface area (Å²) < 4.78 is 4.93. The van der Waals surface area contributed by atoms with Crippen LogP contribution >= 0.6 is 0 Å². The van der Waals surface area contributed by atoms with Gasteiger partial charge in [0.15, 0.2) is 0 Å². The van der Waals surface area contributed by atoms with Crippen LogP contribution in [0.4, 0.5) is 4.79 Å². The number of hydrogen-bond acceptors (Lipinski definition) is 4. The first-order chi connectivity index (χ1) is 8.99. The van der Waals surface area contributed by atoms with E-state index in [4.69, 9.17) is 10.5 Å². The molecule has 19 heavy (non-hydrogen) atoms. The number of carbonyl (C=O) groups excluding carboxylic acids is 2. The number of ether oxygens (including phenoxy) is 1. The third-order valence-corrected chi connectivity index (χ3v) is 2.50. The van der Waals surface area contributed by atoms with Gasteiger partial charge < -0.3 is 10.5 Å². The van der Waals surface area contributed by atoms with Crippen molar-refractivity contribution in [1.82, 2.24) is 5.32 Å². The molecular formula is C14H20N2O3. The van der Waals surface area contributed by atoms with E-state index in [1.165, 1.54) is 0 Å². The van der Waals surface area contributed by atoms with Crippen LogP contribution in [0.5, 0.6) is 0 Å². The Morgan fingerprint density at radius 3 is 2.47 bits per heavy atom. The largest absolute Gasteiger partial charge is 0.444 e. The number of nitrogens with two attached hydrogens (primary N) is 1. The molecule has 0 saturated heterocycles. The molecule has 5 heteroatoms. The highest BCUT2D eigenvalue weighted by Gasteiger charge is 2.17. The maximum absolute atomic E-state index is 11.6. The van der Waals surface area contributed by atoms with Gasteiger partial charge in [-0.15, -0.1) is 0 Å². The Labute approximate surface area is 113 Å². The number of alkyl carbamates (subject to hydrolysis) is 1. The second-order valence-corrected chi connectivity index (χ2v) is 4.79. The van der Waals surface area contributed by atoms with E-state index in [0.29, 0.717) is 12.3 Å². The van der Waals surface area contributed by atoms with Crippen LogP contribution in [0.25, 0.3) is 0 Å². The van der Waals surface area contributed by atoms with Crippen molar-refractivity contribution in [1.29, 1.82) is 0 Å². The number of imide groups is 1. The Morgan fingerprint density at radius 2 is 1.89 bits per heavy atom. The van der Waals surface area contributed by atoms with Gasteiger partial charge in [0, 0.05) is 0 Å². The van der Waals surface area contributed by atoms with Crippen LogP contribution in [0.2, 0.25) is 0 Å². The molecule has 5 nitrogen and oxygen atoms in total. The molecule has 0 saturated carbocycles. The van der Waals surface area contributed by atoms with Crippen molar-refractivity contribution in [2.24, 2.45) is 11.7 Å². The van der Waals surface area contributed by atoms with E-state index in [-0.39, 0.29) is 6.61 Å². The topological polar surface area (TPSA) is 81.4 Å². The third-order valence-electron chi connectivity index (χ3n) is 2.50. The van der Waals surface area contributed by atoms with E-state index in [0.717, 1.165) is 5.56 Å². The summed E-state index contributed by atoms with van der Waals surface area (Å²) >= 11 is 0.